The van der Waals surface area contributed by atoms with E-state index in [1.54, 1.807) is 0 Å². The van der Waals surface area contributed by atoms with Crippen molar-refractivity contribution >= 4 is 27.8 Å². The number of aromatic nitrogens is 3. The van der Waals surface area contributed by atoms with Crippen LogP contribution in [0.5, 0.6) is 0 Å². The topological polar surface area (TPSA) is 86.5 Å². The van der Waals surface area contributed by atoms with Crippen LogP contribution in [0.15, 0.2) is 29.2 Å². The molecule has 8 heteroatoms. The van der Waals surface area contributed by atoms with Gasteiger partial charge in [-0.15, -0.1) is 0 Å². The highest BCUT2D eigenvalue weighted by atomic mass is 16.3. The molecular formula is C30H42N6O2. The molecule has 2 aromatic heterocycles. The SMILES string of the molecule is CC(C)(C)N1CCN(Cc2ccc3c(c2)c(=O)n(C2CCC(O)CC2)c2nc(NCC4CC4)ncc32)CC1. The normalized spacial score (nSPS) is 23.8. The number of hydrogen-bond donors (Lipinski definition) is 2. The first-order valence-corrected chi connectivity index (χ1v) is 14.5. The van der Waals surface area contributed by atoms with Crippen molar-refractivity contribution in [1.82, 2.24) is 24.3 Å². The highest BCUT2D eigenvalue weighted by Gasteiger charge is 2.28. The van der Waals surface area contributed by atoms with E-state index in [2.05, 4.69) is 59.1 Å². The summed E-state index contributed by atoms with van der Waals surface area (Å²) in [7, 11) is 0. The van der Waals surface area contributed by atoms with E-state index in [1.807, 2.05) is 10.8 Å². The number of benzene rings is 1. The lowest BCUT2D eigenvalue weighted by Gasteiger charge is -2.42. The van der Waals surface area contributed by atoms with Gasteiger partial charge in [0.25, 0.3) is 5.56 Å². The van der Waals surface area contributed by atoms with E-state index < -0.39 is 0 Å². The lowest BCUT2D eigenvalue weighted by molar-refractivity contribution is 0.0591. The molecule has 1 saturated heterocycles. The molecule has 0 atom stereocenters. The molecular weight excluding hydrogens is 476 g/mol. The minimum absolute atomic E-state index is 0.0279. The highest BCUT2D eigenvalue weighted by Crippen LogP contribution is 2.33. The molecule has 3 heterocycles. The Labute approximate surface area is 225 Å². The van der Waals surface area contributed by atoms with Gasteiger partial charge in [-0.05, 0) is 82.2 Å². The molecule has 1 aromatic carbocycles. The van der Waals surface area contributed by atoms with Gasteiger partial charge in [-0.3, -0.25) is 19.2 Å². The van der Waals surface area contributed by atoms with Gasteiger partial charge >= 0.3 is 0 Å². The van der Waals surface area contributed by atoms with Gasteiger partial charge in [0.15, 0.2) is 0 Å². The summed E-state index contributed by atoms with van der Waals surface area (Å²) in [5.74, 6) is 1.31. The summed E-state index contributed by atoms with van der Waals surface area (Å²) >= 11 is 0. The first-order chi connectivity index (χ1) is 18.3. The summed E-state index contributed by atoms with van der Waals surface area (Å²) in [5.41, 5.74) is 2.11. The van der Waals surface area contributed by atoms with E-state index in [4.69, 9.17) is 4.98 Å². The fourth-order valence-corrected chi connectivity index (χ4v) is 6.21. The molecule has 2 saturated carbocycles. The van der Waals surface area contributed by atoms with Crippen molar-refractivity contribution < 1.29 is 5.11 Å². The third kappa shape index (κ3) is 5.31. The van der Waals surface area contributed by atoms with Gasteiger partial charge in [0.05, 0.1) is 6.10 Å². The molecule has 0 unspecified atom stereocenters. The van der Waals surface area contributed by atoms with Gasteiger partial charge in [-0.1, -0.05) is 12.1 Å². The number of anilines is 1. The Morgan fingerprint density at radius 2 is 1.71 bits per heavy atom. The second-order valence-corrected chi connectivity index (χ2v) is 12.7. The largest absolute Gasteiger partial charge is 0.393 e. The Balaban J connectivity index is 1.35. The molecule has 3 aliphatic rings. The second kappa shape index (κ2) is 10.2. The number of nitrogens with one attached hydrogen (secondary N) is 1. The average Bonchev–Trinajstić information content (AvgIpc) is 3.73. The fraction of sp³-hybridized carbons (Fsp3) is 0.633. The predicted molar refractivity (Wildman–Crippen MR) is 153 cm³/mol. The van der Waals surface area contributed by atoms with E-state index >= 15 is 0 Å². The van der Waals surface area contributed by atoms with E-state index in [9.17, 15) is 9.90 Å². The van der Waals surface area contributed by atoms with Crippen molar-refractivity contribution in [1.29, 1.82) is 0 Å². The number of aliphatic hydroxyl groups is 1. The first-order valence-electron chi connectivity index (χ1n) is 14.5. The molecule has 2 N–H and O–H groups in total. The summed E-state index contributed by atoms with van der Waals surface area (Å²) in [5, 5.41) is 16.1. The lowest BCUT2D eigenvalue weighted by atomic mass is 9.92. The van der Waals surface area contributed by atoms with E-state index in [0.717, 1.165) is 81.1 Å². The number of piperazine rings is 1. The molecule has 3 fully saturated rings. The van der Waals surface area contributed by atoms with E-state index in [-0.39, 0.29) is 23.2 Å². The minimum atomic E-state index is -0.274. The molecule has 3 aromatic rings. The summed E-state index contributed by atoms with van der Waals surface area (Å²) in [6.07, 6.45) is 7.14. The Kier molecular flexibility index (Phi) is 6.91. The van der Waals surface area contributed by atoms with Crippen molar-refractivity contribution in [3.63, 3.8) is 0 Å². The number of hydrogen-bond acceptors (Lipinski definition) is 7. The molecule has 204 valence electrons. The molecule has 0 radical (unpaired) electrons. The molecule has 6 rings (SSSR count). The number of rotatable bonds is 6. The van der Waals surface area contributed by atoms with Crippen LogP contribution < -0.4 is 10.9 Å². The van der Waals surface area contributed by atoms with Crippen molar-refractivity contribution in [2.75, 3.05) is 38.0 Å². The monoisotopic (exact) mass is 518 g/mol. The summed E-state index contributed by atoms with van der Waals surface area (Å²) < 4.78 is 1.92. The van der Waals surface area contributed by atoms with Crippen molar-refractivity contribution in [3.05, 3.63) is 40.3 Å². The third-order valence-electron chi connectivity index (χ3n) is 8.82. The van der Waals surface area contributed by atoms with Crippen LogP contribution in [0.2, 0.25) is 0 Å². The summed E-state index contributed by atoms with van der Waals surface area (Å²) in [4.78, 5) is 28.7. The van der Waals surface area contributed by atoms with E-state index in [0.29, 0.717) is 17.5 Å². The Morgan fingerprint density at radius 3 is 2.39 bits per heavy atom. The summed E-state index contributed by atoms with van der Waals surface area (Å²) in [6.45, 7) is 12.8. The number of fused-ring (bicyclic) bond motifs is 3. The van der Waals surface area contributed by atoms with Crippen LogP contribution in [-0.4, -0.2) is 73.8 Å². The number of pyridine rings is 1. The van der Waals surface area contributed by atoms with Crippen LogP contribution in [0.3, 0.4) is 0 Å². The van der Waals surface area contributed by atoms with Gasteiger partial charge in [0, 0.05) is 67.8 Å². The van der Waals surface area contributed by atoms with Crippen LogP contribution in [0, 0.1) is 5.92 Å². The Hall–Kier alpha value is -2.55. The average molecular weight is 519 g/mol. The first kappa shape index (κ1) is 25.7. The van der Waals surface area contributed by atoms with Crippen LogP contribution in [-0.2, 0) is 6.54 Å². The third-order valence-corrected chi connectivity index (χ3v) is 8.82. The molecule has 8 nitrogen and oxygen atoms in total. The molecule has 1 aliphatic heterocycles. The van der Waals surface area contributed by atoms with Crippen molar-refractivity contribution in [2.45, 2.75) is 83.5 Å². The Morgan fingerprint density at radius 1 is 0.974 bits per heavy atom. The zero-order valence-electron chi connectivity index (χ0n) is 23.1. The standard InChI is InChI=1S/C30H42N6O2/c1-30(2,3)35-14-12-34(13-15-35)19-21-6-11-24-25(16-21)28(38)36(22-7-9-23(37)10-8-22)27-26(24)18-32-29(33-27)31-17-20-4-5-20/h6,11,16,18,20,22-23,37H,4-5,7-10,12-15,17,19H2,1-3H3,(H,31,32,33). The van der Waals surface area contributed by atoms with Crippen molar-refractivity contribution in [2.24, 2.45) is 5.92 Å². The lowest BCUT2D eigenvalue weighted by Crippen LogP contribution is -2.53. The molecule has 0 amide bonds. The maximum atomic E-state index is 14.1. The maximum absolute atomic E-state index is 14.1. The predicted octanol–water partition coefficient (Wildman–Crippen LogP) is 4.16. The molecule has 0 spiro atoms. The molecule has 0 bridgehead atoms. The minimum Gasteiger partial charge on any atom is -0.393 e. The fourth-order valence-electron chi connectivity index (χ4n) is 6.21. The van der Waals surface area contributed by atoms with Gasteiger partial charge in [0.2, 0.25) is 5.95 Å². The number of nitrogens with zero attached hydrogens (tertiary/aromatic N) is 5. The summed E-state index contributed by atoms with van der Waals surface area (Å²) in [6, 6.07) is 6.40. The maximum Gasteiger partial charge on any atom is 0.260 e. The van der Waals surface area contributed by atoms with E-state index in [1.165, 1.54) is 18.4 Å². The van der Waals surface area contributed by atoms with Gasteiger partial charge in [-0.25, -0.2) is 4.98 Å². The zero-order chi connectivity index (χ0) is 26.4. The molecule has 2 aliphatic carbocycles. The zero-order valence-corrected chi connectivity index (χ0v) is 23.1. The highest BCUT2D eigenvalue weighted by molar-refractivity contribution is 6.04. The molecule has 38 heavy (non-hydrogen) atoms. The van der Waals surface area contributed by atoms with Crippen LogP contribution >= 0.6 is 0 Å². The van der Waals surface area contributed by atoms with Crippen molar-refractivity contribution in [3.8, 4) is 0 Å². The second-order valence-electron chi connectivity index (χ2n) is 12.7. The van der Waals surface area contributed by atoms with Gasteiger partial charge < -0.3 is 10.4 Å². The van der Waals surface area contributed by atoms with Gasteiger partial charge in [-0.2, -0.15) is 4.98 Å². The number of aliphatic hydroxyl groups excluding tert-OH is 1. The Bertz CT molecular complexity index is 1360. The van der Waals surface area contributed by atoms with Crippen LogP contribution in [0.25, 0.3) is 21.8 Å². The van der Waals surface area contributed by atoms with Gasteiger partial charge in [0.1, 0.15) is 5.65 Å². The van der Waals surface area contributed by atoms with Crippen LogP contribution in [0.1, 0.15) is 70.9 Å². The smallest absolute Gasteiger partial charge is 0.260 e. The van der Waals surface area contributed by atoms with Crippen LogP contribution in [0.4, 0.5) is 5.95 Å². The quantitative estimate of drug-likeness (QED) is 0.474.